The lowest BCUT2D eigenvalue weighted by atomic mass is 10.1. The van der Waals surface area contributed by atoms with Gasteiger partial charge in [0.2, 0.25) is 0 Å². The molecule has 2 nitrogen and oxygen atoms in total. The molecular weight excluding hydrogens is 277 g/mol. The number of hydrogen-bond donors (Lipinski definition) is 1. The quantitative estimate of drug-likeness (QED) is 0.914. The van der Waals surface area contributed by atoms with E-state index in [9.17, 15) is 4.39 Å². The van der Waals surface area contributed by atoms with Crippen LogP contribution in [-0.2, 0) is 6.54 Å². The molecule has 0 spiro atoms. The summed E-state index contributed by atoms with van der Waals surface area (Å²) < 4.78 is 19.3. The first-order valence-electron chi connectivity index (χ1n) is 6.90. The van der Waals surface area contributed by atoms with Gasteiger partial charge in [-0.25, -0.2) is 4.39 Å². The van der Waals surface area contributed by atoms with Gasteiger partial charge in [0.05, 0.1) is 12.1 Å². The minimum atomic E-state index is -0.243. The van der Waals surface area contributed by atoms with Crippen molar-refractivity contribution >= 4 is 0 Å². The van der Waals surface area contributed by atoms with Gasteiger partial charge in [-0.1, -0.05) is 25.0 Å². The number of hydrogen-bond acceptors (Lipinski definition) is 2. The van der Waals surface area contributed by atoms with Crippen LogP contribution >= 0.6 is 0 Å². The molecule has 1 N–H and O–H groups in total. The third kappa shape index (κ3) is 3.41. The Hall–Kier alpha value is -1.32. The van der Waals surface area contributed by atoms with Gasteiger partial charge >= 0.3 is 0 Å². The van der Waals surface area contributed by atoms with Gasteiger partial charge in [0.1, 0.15) is 17.3 Å². The summed E-state index contributed by atoms with van der Waals surface area (Å²) in [7, 11) is 0. The second-order valence-corrected chi connectivity index (χ2v) is 5.11. The lowest BCUT2D eigenvalue weighted by Gasteiger charge is -2.09. The highest BCUT2D eigenvalue weighted by molar-refractivity contribution is 5.58. The highest BCUT2D eigenvalue weighted by atomic mass is 35.5. The van der Waals surface area contributed by atoms with E-state index in [-0.39, 0.29) is 18.2 Å². The Morgan fingerprint density at radius 2 is 1.85 bits per heavy atom. The summed E-state index contributed by atoms with van der Waals surface area (Å²) in [5.41, 5.74) is 0.523. The van der Waals surface area contributed by atoms with Crippen molar-refractivity contribution < 1.29 is 21.2 Å². The molecule has 108 valence electrons. The Bertz CT molecular complexity index is 549. The first-order valence-corrected chi connectivity index (χ1v) is 6.90. The van der Waals surface area contributed by atoms with E-state index in [1.807, 2.05) is 18.2 Å². The lowest BCUT2D eigenvalue weighted by Crippen LogP contribution is -3.00. The van der Waals surface area contributed by atoms with Crippen LogP contribution in [0.4, 0.5) is 4.39 Å². The monoisotopic (exact) mass is 294 g/mol. The summed E-state index contributed by atoms with van der Waals surface area (Å²) in [6.45, 7) is 0.721. The number of rotatable bonds is 4. The van der Waals surface area contributed by atoms with Gasteiger partial charge in [0.15, 0.2) is 0 Å². The predicted octanol–water partition coefficient (Wildman–Crippen LogP) is 1.12. The Morgan fingerprint density at radius 3 is 2.60 bits per heavy atom. The fraction of sp³-hybridized carbons (Fsp3) is 0.375. The van der Waals surface area contributed by atoms with Crippen molar-refractivity contribution in [1.82, 2.24) is 5.32 Å². The second-order valence-electron chi connectivity index (χ2n) is 5.11. The Kier molecular flexibility index (Phi) is 5.21. The summed E-state index contributed by atoms with van der Waals surface area (Å²) in [6.07, 6.45) is 5.13. The van der Waals surface area contributed by atoms with Crippen LogP contribution < -0.4 is 17.7 Å². The van der Waals surface area contributed by atoms with Crippen LogP contribution in [0.5, 0.6) is 0 Å². The van der Waals surface area contributed by atoms with Gasteiger partial charge in [-0.3, -0.25) is 0 Å². The number of furan rings is 1. The molecule has 3 rings (SSSR count). The average molecular weight is 295 g/mol. The molecule has 2 aromatic rings. The molecule has 1 aromatic carbocycles. The maximum Gasteiger partial charge on any atom is 0.137 e. The van der Waals surface area contributed by atoms with Crippen LogP contribution in [0.15, 0.2) is 40.8 Å². The van der Waals surface area contributed by atoms with Crippen LogP contribution in [0.2, 0.25) is 0 Å². The molecule has 0 saturated heterocycles. The van der Waals surface area contributed by atoms with Crippen LogP contribution in [-0.4, -0.2) is 6.04 Å². The molecular formula is C16H18ClFNO-. The third-order valence-electron chi connectivity index (χ3n) is 3.72. The van der Waals surface area contributed by atoms with Crippen molar-refractivity contribution in [1.29, 1.82) is 0 Å². The molecule has 1 aromatic heterocycles. The zero-order chi connectivity index (χ0) is 13.1. The topological polar surface area (TPSA) is 25.2 Å². The predicted molar refractivity (Wildman–Crippen MR) is 73.2 cm³/mol. The Balaban J connectivity index is 0.00000147. The fourth-order valence-corrected chi connectivity index (χ4v) is 2.65. The summed E-state index contributed by atoms with van der Waals surface area (Å²) in [5, 5.41) is 3.49. The normalized spacial score (nSPS) is 15.2. The zero-order valence-electron chi connectivity index (χ0n) is 11.2. The molecule has 0 radical (unpaired) electrons. The van der Waals surface area contributed by atoms with Crippen LogP contribution in [0, 0.1) is 5.82 Å². The highest BCUT2D eigenvalue weighted by Crippen LogP contribution is 2.25. The summed E-state index contributed by atoms with van der Waals surface area (Å²) >= 11 is 0. The lowest BCUT2D eigenvalue weighted by molar-refractivity contribution is -0.00000507. The molecule has 1 fully saturated rings. The summed E-state index contributed by atoms with van der Waals surface area (Å²) in [4.78, 5) is 0. The van der Waals surface area contributed by atoms with Gasteiger partial charge in [0, 0.05) is 6.04 Å². The minimum Gasteiger partial charge on any atom is -1.00 e. The van der Waals surface area contributed by atoms with Crippen LogP contribution in [0.3, 0.4) is 0 Å². The Labute approximate surface area is 124 Å². The molecule has 20 heavy (non-hydrogen) atoms. The maximum absolute atomic E-state index is 13.6. The van der Waals surface area contributed by atoms with Gasteiger partial charge in [-0.2, -0.15) is 0 Å². The van der Waals surface area contributed by atoms with Crippen molar-refractivity contribution in [3.8, 4) is 11.3 Å². The highest BCUT2D eigenvalue weighted by Gasteiger charge is 2.15. The van der Waals surface area contributed by atoms with E-state index < -0.39 is 0 Å². The molecule has 1 heterocycles. The third-order valence-corrected chi connectivity index (χ3v) is 3.72. The number of halogens is 2. The molecule has 0 aliphatic heterocycles. The fourth-order valence-electron chi connectivity index (χ4n) is 2.65. The van der Waals surface area contributed by atoms with E-state index in [4.69, 9.17) is 4.42 Å². The van der Waals surface area contributed by atoms with Gasteiger partial charge in [0.25, 0.3) is 0 Å². The van der Waals surface area contributed by atoms with Crippen LogP contribution in [0.1, 0.15) is 31.4 Å². The molecule has 0 unspecified atom stereocenters. The van der Waals surface area contributed by atoms with Gasteiger partial charge in [-0.15, -0.1) is 0 Å². The number of benzene rings is 1. The van der Waals surface area contributed by atoms with Crippen molar-refractivity contribution in [2.24, 2.45) is 0 Å². The molecule has 0 bridgehead atoms. The van der Waals surface area contributed by atoms with Crippen LogP contribution in [0.25, 0.3) is 11.3 Å². The van der Waals surface area contributed by atoms with Crippen molar-refractivity contribution in [3.63, 3.8) is 0 Å². The van der Waals surface area contributed by atoms with Gasteiger partial charge < -0.3 is 22.1 Å². The van der Waals surface area contributed by atoms with Crippen molar-refractivity contribution in [2.75, 3.05) is 0 Å². The van der Waals surface area contributed by atoms with E-state index in [1.165, 1.54) is 31.7 Å². The van der Waals surface area contributed by atoms with E-state index in [0.29, 0.717) is 17.4 Å². The largest absolute Gasteiger partial charge is 1.00 e. The Morgan fingerprint density at radius 1 is 1.10 bits per heavy atom. The molecule has 4 heteroatoms. The molecule has 1 aliphatic carbocycles. The average Bonchev–Trinajstić information content (AvgIpc) is 3.08. The van der Waals surface area contributed by atoms with E-state index in [2.05, 4.69) is 5.32 Å². The zero-order valence-corrected chi connectivity index (χ0v) is 12.0. The molecule has 1 saturated carbocycles. The summed E-state index contributed by atoms with van der Waals surface area (Å²) in [6, 6.07) is 11.1. The first-order chi connectivity index (χ1) is 9.33. The van der Waals surface area contributed by atoms with E-state index in [1.54, 1.807) is 12.1 Å². The molecule has 0 amide bonds. The molecule has 1 aliphatic rings. The van der Waals surface area contributed by atoms with Crippen molar-refractivity contribution in [3.05, 3.63) is 48.0 Å². The smallest absolute Gasteiger partial charge is 0.137 e. The number of nitrogens with one attached hydrogen (secondary N) is 1. The maximum atomic E-state index is 13.6. The van der Waals surface area contributed by atoms with E-state index in [0.717, 1.165) is 12.3 Å². The summed E-state index contributed by atoms with van der Waals surface area (Å²) in [5.74, 6) is 1.22. The molecule has 0 atom stereocenters. The van der Waals surface area contributed by atoms with Gasteiger partial charge in [-0.05, 0) is 37.1 Å². The van der Waals surface area contributed by atoms with E-state index >= 15 is 0 Å². The second kappa shape index (κ2) is 6.91. The minimum absolute atomic E-state index is 0. The van der Waals surface area contributed by atoms with Crippen molar-refractivity contribution in [2.45, 2.75) is 38.3 Å². The first kappa shape index (κ1) is 15.1. The standard InChI is InChI=1S/C16H18FNO.ClH/c17-15-8-4-3-7-14(15)16-10-9-13(19-16)11-18-12-5-1-2-6-12;/h3-4,7-10,12,18H,1-2,5-6,11H2;1H/p-1. The SMILES string of the molecule is Fc1ccccc1-c1ccc(CNC2CCCC2)o1.[Cl-].